The summed E-state index contributed by atoms with van der Waals surface area (Å²) < 4.78 is 37.9. The molecule has 0 bridgehead atoms. The zero-order valence-electron chi connectivity index (χ0n) is 9.52. The van der Waals surface area contributed by atoms with Crippen molar-refractivity contribution in [1.29, 1.82) is 0 Å². The standard InChI is InChI=1S/C13H14BrF3/c1-12(6-5-11(14)8-12)9-3-2-4-10(7-9)13(15,16)17/h2-4,7,11H,5-6,8H2,1H3. The molecule has 1 fully saturated rings. The average molecular weight is 307 g/mol. The molecule has 2 unspecified atom stereocenters. The van der Waals surface area contributed by atoms with Crippen LogP contribution >= 0.6 is 15.9 Å². The van der Waals surface area contributed by atoms with E-state index in [2.05, 4.69) is 15.9 Å². The molecule has 0 aliphatic heterocycles. The Morgan fingerprint density at radius 2 is 2.06 bits per heavy atom. The van der Waals surface area contributed by atoms with Crippen molar-refractivity contribution in [2.75, 3.05) is 0 Å². The molecule has 0 amide bonds. The van der Waals surface area contributed by atoms with Gasteiger partial charge >= 0.3 is 6.18 Å². The summed E-state index contributed by atoms with van der Waals surface area (Å²) in [6.45, 7) is 2.05. The number of alkyl halides is 4. The van der Waals surface area contributed by atoms with E-state index in [0.717, 1.165) is 30.9 Å². The minimum Gasteiger partial charge on any atom is -0.166 e. The molecule has 0 radical (unpaired) electrons. The van der Waals surface area contributed by atoms with E-state index >= 15 is 0 Å². The number of halogens is 4. The lowest BCUT2D eigenvalue weighted by atomic mass is 9.80. The molecule has 0 saturated heterocycles. The highest BCUT2D eigenvalue weighted by molar-refractivity contribution is 9.09. The fraction of sp³-hybridized carbons (Fsp3) is 0.538. The maximum atomic E-state index is 12.6. The van der Waals surface area contributed by atoms with Crippen LogP contribution in [0.4, 0.5) is 13.2 Å². The number of hydrogen-bond acceptors (Lipinski definition) is 0. The molecule has 1 saturated carbocycles. The molecule has 17 heavy (non-hydrogen) atoms. The summed E-state index contributed by atoms with van der Waals surface area (Å²) in [6, 6.07) is 5.74. The Kier molecular flexibility index (Phi) is 3.27. The lowest BCUT2D eigenvalue weighted by Gasteiger charge is -2.25. The highest BCUT2D eigenvalue weighted by atomic mass is 79.9. The van der Waals surface area contributed by atoms with E-state index < -0.39 is 11.7 Å². The van der Waals surface area contributed by atoms with Crippen LogP contribution in [0.5, 0.6) is 0 Å². The van der Waals surface area contributed by atoms with Crippen molar-refractivity contribution in [1.82, 2.24) is 0 Å². The van der Waals surface area contributed by atoms with E-state index in [1.807, 2.05) is 6.92 Å². The summed E-state index contributed by atoms with van der Waals surface area (Å²) in [7, 11) is 0. The van der Waals surface area contributed by atoms with Crippen LogP contribution in [0.3, 0.4) is 0 Å². The molecule has 1 aliphatic rings. The first-order chi connectivity index (χ1) is 7.81. The van der Waals surface area contributed by atoms with Crippen LogP contribution in [-0.4, -0.2) is 4.83 Å². The van der Waals surface area contributed by atoms with Crippen LogP contribution < -0.4 is 0 Å². The topological polar surface area (TPSA) is 0 Å². The van der Waals surface area contributed by atoms with E-state index in [9.17, 15) is 13.2 Å². The zero-order valence-corrected chi connectivity index (χ0v) is 11.1. The third kappa shape index (κ3) is 2.67. The van der Waals surface area contributed by atoms with Crippen molar-refractivity contribution < 1.29 is 13.2 Å². The van der Waals surface area contributed by atoms with Crippen molar-refractivity contribution in [2.45, 2.75) is 42.6 Å². The maximum absolute atomic E-state index is 12.6. The SMILES string of the molecule is CC1(c2cccc(C(F)(F)F)c2)CCC(Br)C1. The van der Waals surface area contributed by atoms with Gasteiger partial charge in [0.1, 0.15) is 0 Å². The number of hydrogen-bond donors (Lipinski definition) is 0. The van der Waals surface area contributed by atoms with Gasteiger partial charge in [0.15, 0.2) is 0 Å². The van der Waals surface area contributed by atoms with Gasteiger partial charge in [0.05, 0.1) is 5.56 Å². The molecule has 0 nitrogen and oxygen atoms in total. The van der Waals surface area contributed by atoms with Gasteiger partial charge in [-0.25, -0.2) is 0 Å². The molecule has 1 aromatic rings. The van der Waals surface area contributed by atoms with Gasteiger partial charge in [-0.1, -0.05) is 41.1 Å². The van der Waals surface area contributed by atoms with Gasteiger partial charge in [0, 0.05) is 4.83 Å². The second-order valence-electron chi connectivity index (χ2n) is 4.98. The Balaban J connectivity index is 2.34. The molecule has 94 valence electrons. The Hall–Kier alpha value is -0.510. The molecule has 4 heteroatoms. The largest absolute Gasteiger partial charge is 0.416 e. The molecule has 0 N–H and O–H groups in total. The second-order valence-corrected chi connectivity index (χ2v) is 6.27. The lowest BCUT2D eigenvalue weighted by molar-refractivity contribution is -0.137. The van der Waals surface area contributed by atoms with Gasteiger partial charge in [0.2, 0.25) is 0 Å². The molecule has 1 aromatic carbocycles. The van der Waals surface area contributed by atoms with Crippen molar-refractivity contribution in [2.24, 2.45) is 0 Å². The van der Waals surface area contributed by atoms with E-state index in [0.29, 0.717) is 4.83 Å². The summed E-state index contributed by atoms with van der Waals surface area (Å²) >= 11 is 3.55. The van der Waals surface area contributed by atoms with Gasteiger partial charge in [-0.2, -0.15) is 13.2 Å². The predicted molar refractivity (Wildman–Crippen MR) is 65.4 cm³/mol. The van der Waals surface area contributed by atoms with Crippen molar-refractivity contribution in [3.63, 3.8) is 0 Å². The molecule has 0 spiro atoms. The molecule has 0 aromatic heterocycles. The van der Waals surface area contributed by atoms with Gasteiger partial charge in [-0.3, -0.25) is 0 Å². The minimum atomic E-state index is -4.25. The van der Waals surface area contributed by atoms with Crippen LogP contribution in [0.25, 0.3) is 0 Å². The van der Waals surface area contributed by atoms with Crippen molar-refractivity contribution >= 4 is 15.9 Å². The molecule has 1 aliphatic carbocycles. The quantitative estimate of drug-likeness (QED) is 0.647. The first kappa shape index (κ1) is 12.9. The smallest absolute Gasteiger partial charge is 0.166 e. The normalized spacial score (nSPS) is 29.6. The number of rotatable bonds is 1. The second kappa shape index (κ2) is 4.30. The summed E-state index contributed by atoms with van der Waals surface area (Å²) in [6.07, 6.45) is -1.40. The van der Waals surface area contributed by atoms with E-state index in [4.69, 9.17) is 0 Å². The van der Waals surface area contributed by atoms with Gasteiger partial charge in [-0.05, 0) is 36.3 Å². The van der Waals surface area contributed by atoms with Crippen molar-refractivity contribution in [3.8, 4) is 0 Å². The first-order valence-corrected chi connectivity index (χ1v) is 6.55. The lowest BCUT2D eigenvalue weighted by Crippen LogP contribution is -2.19. The van der Waals surface area contributed by atoms with E-state index in [1.165, 1.54) is 12.1 Å². The van der Waals surface area contributed by atoms with Crippen LogP contribution in [-0.2, 0) is 11.6 Å². The van der Waals surface area contributed by atoms with Gasteiger partial charge < -0.3 is 0 Å². The Morgan fingerprint density at radius 3 is 2.59 bits per heavy atom. The molecule has 0 heterocycles. The van der Waals surface area contributed by atoms with Gasteiger partial charge in [-0.15, -0.1) is 0 Å². The van der Waals surface area contributed by atoms with Crippen LogP contribution in [0.2, 0.25) is 0 Å². The third-order valence-corrected chi connectivity index (χ3v) is 4.35. The monoisotopic (exact) mass is 306 g/mol. The Labute approximate surface area is 107 Å². The Morgan fingerprint density at radius 1 is 1.35 bits per heavy atom. The minimum absolute atomic E-state index is 0.130. The van der Waals surface area contributed by atoms with Crippen molar-refractivity contribution in [3.05, 3.63) is 35.4 Å². The summed E-state index contributed by atoms with van der Waals surface area (Å²) in [5.41, 5.74) is 0.124. The summed E-state index contributed by atoms with van der Waals surface area (Å²) in [5.74, 6) is 0. The Bertz CT molecular complexity index is 413. The van der Waals surface area contributed by atoms with Gasteiger partial charge in [0.25, 0.3) is 0 Å². The molecular formula is C13H14BrF3. The molecule has 2 rings (SSSR count). The van der Waals surface area contributed by atoms with Crippen LogP contribution in [0, 0.1) is 0 Å². The van der Waals surface area contributed by atoms with E-state index in [-0.39, 0.29) is 5.41 Å². The van der Waals surface area contributed by atoms with Crippen LogP contribution in [0.15, 0.2) is 24.3 Å². The highest BCUT2D eigenvalue weighted by Crippen LogP contribution is 2.44. The third-order valence-electron chi connectivity index (χ3n) is 3.57. The zero-order chi connectivity index (χ0) is 12.7. The fourth-order valence-electron chi connectivity index (χ4n) is 2.50. The predicted octanol–water partition coefficient (Wildman–Crippen LogP) is 4.91. The summed E-state index contributed by atoms with van der Waals surface area (Å²) in [4.78, 5) is 0.419. The maximum Gasteiger partial charge on any atom is 0.416 e. The molecule has 2 atom stereocenters. The number of benzene rings is 1. The fourth-order valence-corrected chi connectivity index (χ4v) is 3.44. The highest BCUT2D eigenvalue weighted by Gasteiger charge is 2.37. The van der Waals surface area contributed by atoms with E-state index in [1.54, 1.807) is 6.07 Å². The summed E-state index contributed by atoms with van der Waals surface area (Å²) in [5, 5.41) is 0. The molecular weight excluding hydrogens is 293 g/mol. The van der Waals surface area contributed by atoms with Crippen LogP contribution in [0.1, 0.15) is 37.3 Å². The average Bonchev–Trinajstić information content (AvgIpc) is 2.59. The first-order valence-electron chi connectivity index (χ1n) is 5.63.